The lowest BCUT2D eigenvalue weighted by molar-refractivity contribution is 0.516. The smallest absolute Gasteiger partial charge is 0.147 e. The van der Waals surface area contributed by atoms with E-state index in [1.165, 1.54) is 0 Å². The first-order valence-electron chi connectivity index (χ1n) is 12.8. The molecule has 6 rings (SSSR count). The summed E-state index contributed by atoms with van der Waals surface area (Å²) in [7, 11) is 0. The van der Waals surface area contributed by atoms with E-state index in [-0.39, 0.29) is 5.82 Å². The Hall–Kier alpha value is -3.92. The highest BCUT2D eigenvalue weighted by molar-refractivity contribution is 6.18. The topological polar surface area (TPSA) is 33.6 Å². The van der Waals surface area contributed by atoms with Gasteiger partial charge in [0.1, 0.15) is 23.2 Å². The molecule has 0 saturated carbocycles. The molecule has 4 aromatic carbocycles. The third kappa shape index (κ3) is 3.60. The predicted octanol–water partition coefficient (Wildman–Crippen LogP) is 7.62. The van der Waals surface area contributed by atoms with Gasteiger partial charge in [0, 0.05) is 35.2 Å². The van der Waals surface area contributed by atoms with E-state index in [0.717, 1.165) is 99.4 Å². The lowest BCUT2D eigenvalue weighted by Crippen LogP contribution is -2.31. The summed E-state index contributed by atoms with van der Waals surface area (Å²) in [5.41, 5.74) is 7.17. The number of nitrogens with zero attached hydrogens (tertiary/aromatic N) is 1. The molecule has 0 atom stereocenters. The van der Waals surface area contributed by atoms with Crippen molar-refractivity contribution in [1.29, 1.82) is 0 Å². The Morgan fingerprint density at radius 1 is 0.889 bits per heavy atom. The summed E-state index contributed by atoms with van der Waals surface area (Å²) < 4.78 is 22.2. The summed E-state index contributed by atoms with van der Waals surface area (Å²) in [6.07, 6.45) is 2.50. The van der Waals surface area contributed by atoms with Crippen LogP contribution in [0.1, 0.15) is 48.9 Å². The average Bonchev–Trinajstić information content (AvgIpc) is 2.93. The number of nitrogens with one attached hydrogen (secondary N) is 1. The summed E-state index contributed by atoms with van der Waals surface area (Å²) in [4.78, 5) is 4.92. The molecular weight excluding hydrogens is 447 g/mol. The maximum Gasteiger partial charge on any atom is 0.147 e. The average molecular weight is 477 g/mol. The fraction of sp³-hybridized carbons (Fsp3) is 0.219. The van der Waals surface area contributed by atoms with Crippen LogP contribution in [0.4, 0.5) is 4.39 Å². The van der Waals surface area contributed by atoms with Gasteiger partial charge in [-0.1, -0.05) is 74.5 Å². The van der Waals surface area contributed by atoms with Gasteiger partial charge in [-0.2, -0.15) is 0 Å². The molecule has 2 aliphatic heterocycles. The Morgan fingerprint density at radius 3 is 2.25 bits per heavy atom. The van der Waals surface area contributed by atoms with Crippen molar-refractivity contribution in [2.75, 3.05) is 13.1 Å². The molecule has 0 spiro atoms. The molecule has 0 unspecified atom stereocenters. The highest BCUT2D eigenvalue weighted by Crippen LogP contribution is 2.50. The Morgan fingerprint density at radius 2 is 1.61 bits per heavy atom. The first kappa shape index (κ1) is 22.5. The van der Waals surface area contributed by atoms with Crippen molar-refractivity contribution < 1.29 is 9.13 Å². The Kier molecular flexibility index (Phi) is 5.80. The normalized spacial score (nSPS) is 14.9. The van der Waals surface area contributed by atoms with Crippen molar-refractivity contribution in [3.8, 4) is 16.9 Å². The van der Waals surface area contributed by atoms with E-state index in [9.17, 15) is 0 Å². The van der Waals surface area contributed by atoms with Crippen LogP contribution >= 0.6 is 0 Å². The highest BCUT2D eigenvalue weighted by atomic mass is 19.1. The van der Waals surface area contributed by atoms with E-state index < -0.39 is 0 Å². The number of halogens is 1. The first-order chi connectivity index (χ1) is 17.7. The van der Waals surface area contributed by atoms with E-state index in [2.05, 4.69) is 43.4 Å². The molecule has 1 N–H and O–H groups in total. The number of rotatable bonds is 5. The number of allylic oxidation sites excluding steroid dienone is 1. The molecule has 2 aliphatic rings. The number of benzene rings is 4. The lowest BCUT2D eigenvalue weighted by Gasteiger charge is -2.30. The van der Waals surface area contributed by atoms with Gasteiger partial charge in [0.05, 0.1) is 5.56 Å². The maximum absolute atomic E-state index is 15.3. The minimum Gasteiger partial charge on any atom is -0.455 e. The quantitative estimate of drug-likeness (QED) is 0.321. The molecule has 2 heterocycles. The minimum atomic E-state index is -0.224. The Labute approximate surface area is 211 Å². The van der Waals surface area contributed by atoms with Crippen molar-refractivity contribution in [1.82, 2.24) is 5.32 Å². The van der Waals surface area contributed by atoms with Crippen LogP contribution in [0, 0.1) is 5.82 Å². The summed E-state index contributed by atoms with van der Waals surface area (Å²) in [5.74, 6) is 2.19. The second-order valence-electron chi connectivity index (χ2n) is 9.29. The van der Waals surface area contributed by atoms with Gasteiger partial charge < -0.3 is 10.1 Å². The van der Waals surface area contributed by atoms with Crippen LogP contribution in [-0.2, 0) is 6.42 Å². The maximum atomic E-state index is 15.3. The van der Waals surface area contributed by atoms with Gasteiger partial charge in [0.2, 0.25) is 0 Å². The monoisotopic (exact) mass is 476 g/mol. The molecule has 0 aromatic heterocycles. The van der Waals surface area contributed by atoms with Crippen molar-refractivity contribution in [2.45, 2.75) is 33.1 Å². The molecule has 0 saturated heterocycles. The summed E-state index contributed by atoms with van der Waals surface area (Å²) in [6, 6.07) is 23.9. The van der Waals surface area contributed by atoms with Gasteiger partial charge in [-0.05, 0) is 53.5 Å². The number of amidine groups is 1. The van der Waals surface area contributed by atoms with Gasteiger partial charge in [-0.15, -0.1) is 0 Å². The molecular formula is C32H29FN2O. The molecule has 3 nitrogen and oxygen atoms in total. The fourth-order valence-electron chi connectivity index (χ4n) is 5.63. The van der Waals surface area contributed by atoms with Crippen LogP contribution in [0.3, 0.4) is 0 Å². The van der Waals surface area contributed by atoms with Crippen molar-refractivity contribution >= 4 is 27.9 Å². The highest BCUT2D eigenvalue weighted by Gasteiger charge is 2.32. The third-order valence-corrected chi connectivity index (χ3v) is 7.18. The molecule has 4 aromatic rings. The van der Waals surface area contributed by atoms with Crippen LogP contribution in [0.2, 0.25) is 0 Å². The number of aryl methyl sites for hydroxylation is 1. The van der Waals surface area contributed by atoms with Crippen LogP contribution < -0.4 is 10.1 Å². The van der Waals surface area contributed by atoms with Gasteiger partial charge >= 0.3 is 0 Å². The van der Waals surface area contributed by atoms with Crippen molar-refractivity contribution in [3.63, 3.8) is 0 Å². The van der Waals surface area contributed by atoms with Gasteiger partial charge in [-0.25, -0.2) is 4.39 Å². The fourth-order valence-corrected chi connectivity index (χ4v) is 5.63. The number of hydrogen-bond acceptors (Lipinski definition) is 3. The zero-order chi connectivity index (χ0) is 24.6. The van der Waals surface area contributed by atoms with E-state index in [4.69, 9.17) is 9.73 Å². The van der Waals surface area contributed by atoms with E-state index in [1.54, 1.807) is 12.1 Å². The predicted molar refractivity (Wildman–Crippen MR) is 147 cm³/mol. The van der Waals surface area contributed by atoms with Crippen LogP contribution in [0.5, 0.6) is 5.75 Å². The van der Waals surface area contributed by atoms with Crippen LogP contribution in [0.25, 0.3) is 33.2 Å². The zero-order valence-corrected chi connectivity index (χ0v) is 20.7. The zero-order valence-electron chi connectivity index (χ0n) is 20.7. The van der Waals surface area contributed by atoms with E-state index >= 15 is 4.39 Å². The van der Waals surface area contributed by atoms with E-state index in [0.29, 0.717) is 0 Å². The molecule has 0 bridgehead atoms. The van der Waals surface area contributed by atoms with Crippen LogP contribution in [-0.4, -0.2) is 18.9 Å². The van der Waals surface area contributed by atoms with Crippen molar-refractivity contribution in [3.05, 3.63) is 101 Å². The van der Waals surface area contributed by atoms with Crippen LogP contribution in [0.15, 0.2) is 77.8 Å². The van der Waals surface area contributed by atoms with Gasteiger partial charge in [0.25, 0.3) is 0 Å². The second kappa shape index (κ2) is 9.27. The second-order valence-corrected chi connectivity index (χ2v) is 9.29. The Bertz CT molecular complexity index is 1520. The lowest BCUT2D eigenvalue weighted by atomic mass is 9.82. The molecule has 0 aliphatic carbocycles. The molecule has 180 valence electrons. The summed E-state index contributed by atoms with van der Waals surface area (Å²) in [5, 5.41) is 5.45. The van der Waals surface area contributed by atoms with Crippen molar-refractivity contribution in [2.24, 2.45) is 4.99 Å². The largest absolute Gasteiger partial charge is 0.455 e. The summed E-state index contributed by atoms with van der Waals surface area (Å²) >= 11 is 0. The van der Waals surface area contributed by atoms with Gasteiger partial charge in [-0.3, -0.25) is 4.99 Å². The third-order valence-electron chi connectivity index (χ3n) is 7.18. The molecule has 0 radical (unpaired) electrons. The minimum absolute atomic E-state index is 0.224. The number of hydrogen-bond donors (Lipinski definition) is 1. The molecule has 36 heavy (non-hydrogen) atoms. The SMILES string of the molecule is CCC1=C(c2ccccc2)Oc2c(C3=NCCCN3)c(-c3ccccc3)c(CC)c3cc(F)cc1c23. The first-order valence-corrected chi connectivity index (χ1v) is 12.8. The van der Waals surface area contributed by atoms with E-state index in [1.807, 2.05) is 36.4 Å². The number of aliphatic imine (C=N–C) groups is 1. The van der Waals surface area contributed by atoms with Gasteiger partial charge in [0.15, 0.2) is 0 Å². The molecule has 4 heteroatoms. The standard InChI is InChI=1S/C32H29FN2O/c1-3-23-25-18-22(33)19-26-24(4-2)30(21-14-9-6-10-15-21)36-31(28(25)26)29(32-34-16-11-17-35-32)27(23)20-12-7-5-8-13-20/h5-10,12-15,18-19H,3-4,11,16-17H2,1-2H3,(H,34,35). The Balaban J connectivity index is 1.79. The number of ether oxygens (including phenoxy) is 1. The molecule has 0 amide bonds. The molecule has 0 fully saturated rings. The summed E-state index contributed by atoms with van der Waals surface area (Å²) in [6.45, 7) is 5.89.